The first-order valence-electron chi connectivity index (χ1n) is 12.2. The minimum absolute atomic E-state index is 0.0954. The van der Waals surface area contributed by atoms with Gasteiger partial charge in [0.1, 0.15) is 23.3 Å². The first-order chi connectivity index (χ1) is 18.4. The van der Waals surface area contributed by atoms with Crippen LogP contribution in [0.15, 0.2) is 77.3 Å². The number of carbonyl (C=O) groups is 1. The van der Waals surface area contributed by atoms with Crippen molar-refractivity contribution in [2.75, 3.05) is 17.3 Å². The van der Waals surface area contributed by atoms with Crippen molar-refractivity contribution < 1.29 is 13.9 Å². The van der Waals surface area contributed by atoms with Gasteiger partial charge in [-0.2, -0.15) is 0 Å². The second kappa shape index (κ2) is 10.8. The number of carbonyl (C=O) groups excluding carboxylic acids is 1. The summed E-state index contributed by atoms with van der Waals surface area (Å²) in [5.74, 6) is 1.86. The molecule has 0 spiro atoms. The summed E-state index contributed by atoms with van der Waals surface area (Å²) in [5.41, 5.74) is 4.08. The van der Waals surface area contributed by atoms with E-state index in [2.05, 4.69) is 15.6 Å². The number of benzene rings is 2. The quantitative estimate of drug-likeness (QED) is 0.246. The summed E-state index contributed by atoms with van der Waals surface area (Å²) in [6, 6.07) is 20.4. The molecule has 0 saturated carbocycles. The average Bonchev–Trinajstić information content (AvgIpc) is 3.55. The molecule has 1 amide bonds. The lowest BCUT2D eigenvalue weighted by molar-refractivity contribution is -0.115. The van der Waals surface area contributed by atoms with Crippen molar-refractivity contribution in [2.45, 2.75) is 32.4 Å². The molecule has 7 nitrogen and oxygen atoms in total. The van der Waals surface area contributed by atoms with E-state index in [9.17, 15) is 4.79 Å². The smallest absolute Gasteiger partial charge is 0.224 e. The molecule has 1 aliphatic heterocycles. The number of hydrogen-bond donors (Lipinski definition) is 2. The Balaban J connectivity index is 1.59. The predicted molar refractivity (Wildman–Crippen MR) is 154 cm³/mol. The van der Waals surface area contributed by atoms with Crippen LogP contribution >= 0.6 is 23.8 Å². The molecule has 194 valence electrons. The van der Waals surface area contributed by atoms with Gasteiger partial charge in [0.15, 0.2) is 5.11 Å². The first-order valence-corrected chi connectivity index (χ1v) is 13.0. The lowest BCUT2D eigenvalue weighted by Gasteiger charge is -2.27. The van der Waals surface area contributed by atoms with Gasteiger partial charge in [-0.3, -0.25) is 9.78 Å². The van der Waals surface area contributed by atoms with Crippen LogP contribution < -0.4 is 20.3 Å². The number of furan rings is 1. The van der Waals surface area contributed by atoms with Crippen LogP contribution in [0.3, 0.4) is 0 Å². The molecule has 0 aliphatic carbocycles. The van der Waals surface area contributed by atoms with Crippen molar-refractivity contribution in [3.05, 3.63) is 95.0 Å². The summed E-state index contributed by atoms with van der Waals surface area (Å²) in [7, 11) is 1.57. The number of nitrogens with one attached hydrogen (secondary N) is 2. The number of pyridine rings is 1. The maximum absolute atomic E-state index is 12.0. The average molecular weight is 547 g/mol. The number of aromatic nitrogens is 1. The van der Waals surface area contributed by atoms with Gasteiger partial charge in [0.25, 0.3) is 0 Å². The second-order valence-electron chi connectivity index (χ2n) is 8.90. The summed E-state index contributed by atoms with van der Waals surface area (Å²) in [6.07, 6.45) is 2.13. The van der Waals surface area contributed by atoms with Gasteiger partial charge in [0, 0.05) is 35.0 Å². The van der Waals surface area contributed by atoms with E-state index in [1.807, 2.05) is 78.6 Å². The van der Waals surface area contributed by atoms with Gasteiger partial charge < -0.3 is 24.7 Å². The summed E-state index contributed by atoms with van der Waals surface area (Å²) < 4.78 is 12.1. The summed E-state index contributed by atoms with van der Waals surface area (Å²) in [4.78, 5) is 18.6. The fraction of sp³-hybridized carbons (Fsp3) is 0.207. The van der Waals surface area contributed by atoms with Gasteiger partial charge in [0.05, 0.1) is 24.5 Å². The van der Waals surface area contributed by atoms with Crippen LogP contribution in [0.25, 0.3) is 11.3 Å². The molecular weight excluding hydrogens is 520 g/mol. The fourth-order valence-corrected chi connectivity index (χ4v) is 5.14. The van der Waals surface area contributed by atoms with Crippen molar-refractivity contribution in [1.82, 2.24) is 10.3 Å². The van der Waals surface area contributed by atoms with Gasteiger partial charge in [-0.1, -0.05) is 36.7 Å². The molecule has 38 heavy (non-hydrogen) atoms. The Morgan fingerprint density at radius 1 is 1.18 bits per heavy atom. The lowest BCUT2D eigenvalue weighted by atomic mass is 10.0. The zero-order chi connectivity index (χ0) is 26.8. The highest BCUT2D eigenvalue weighted by Crippen LogP contribution is 2.44. The molecule has 0 unspecified atom stereocenters. The van der Waals surface area contributed by atoms with Crippen molar-refractivity contribution in [2.24, 2.45) is 0 Å². The number of thiocarbonyl (C=S) groups is 1. The molecule has 0 bridgehead atoms. The maximum atomic E-state index is 12.0. The zero-order valence-electron chi connectivity index (χ0n) is 21.2. The highest BCUT2D eigenvalue weighted by atomic mass is 35.5. The van der Waals surface area contributed by atoms with Crippen molar-refractivity contribution in [3.63, 3.8) is 0 Å². The van der Waals surface area contributed by atoms with Crippen LogP contribution in [0.2, 0.25) is 5.02 Å². The SMILES string of the molecule is CCC(=O)Nc1ccc(N2C(=S)N[C@@H](c3ccccn3)[C@@H]2c2ccc(-c3cccc(Cl)c3C)o2)cc1OC. The fourth-order valence-electron chi connectivity index (χ4n) is 4.62. The Bertz CT molecular complexity index is 1490. The normalized spacial score (nSPS) is 16.8. The van der Waals surface area contributed by atoms with Gasteiger partial charge in [-0.15, -0.1) is 0 Å². The molecule has 0 radical (unpaired) electrons. The number of rotatable bonds is 7. The third-order valence-electron chi connectivity index (χ3n) is 6.61. The van der Waals surface area contributed by atoms with Crippen LogP contribution in [-0.4, -0.2) is 23.1 Å². The molecule has 4 aromatic rings. The minimum atomic E-state index is -0.341. The van der Waals surface area contributed by atoms with E-state index in [0.717, 1.165) is 22.5 Å². The number of anilines is 2. The Hall–Kier alpha value is -3.88. The monoisotopic (exact) mass is 546 g/mol. The number of hydrogen-bond acceptors (Lipinski definition) is 5. The zero-order valence-corrected chi connectivity index (χ0v) is 22.8. The highest BCUT2D eigenvalue weighted by molar-refractivity contribution is 7.80. The largest absolute Gasteiger partial charge is 0.494 e. The van der Waals surface area contributed by atoms with Crippen molar-refractivity contribution in [3.8, 4) is 17.1 Å². The molecule has 9 heteroatoms. The van der Waals surface area contributed by atoms with E-state index >= 15 is 0 Å². The lowest BCUT2D eigenvalue weighted by Crippen LogP contribution is -2.29. The standard InChI is InChI=1S/C29H27ClN4O3S/c1-4-26(35)32-21-12-11-18(16-25(21)36-3)34-28(27(33-29(34)38)22-10-5-6-15-31-22)24-14-13-23(37-24)19-8-7-9-20(30)17(19)2/h5-16,27-28H,4H2,1-3H3,(H,32,35)(H,33,38)/t27-,28-/m0/s1. The molecule has 1 fully saturated rings. The van der Waals surface area contributed by atoms with Crippen LogP contribution in [0, 0.1) is 6.92 Å². The van der Waals surface area contributed by atoms with E-state index in [-0.39, 0.29) is 18.0 Å². The molecule has 5 rings (SSSR count). The third-order valence-corrected chi connectivity index (χ3v) is 7.33. The molecular formula is C29H27ClN4O3S. The van der Waals surface area contributed by atoms with Crippen LogP contribution in [0.5, 0.6) is 5.75 Å². The number of ether oxygens (including phenoxy) is 1. The number of amides is 1. The topological polar surface area (TPSA) is 79.6 Å². The highest BCUT2D eigenvalue weighted by Gasteiger charge is 2.43. The predicted octanol–water partition coefficient (Wildman–Crippen LogP) is 6.84. The molecule has 2 atom stereocenters. The number of methoxy groups -OCH3 is 1. The van der Waals surface area contributed by atoms with Crippen LogP contribution in [0.4, 0.5) is 11.4 Å². The molecule has 2 N–H and O–H groups in total. The molecule has 1 saturated heterocycles. The van der Waals surface area contributed by atoms with E-state index in [1.165, 1.54) is 0 Å². The Labute approximate surface area is 231 Å². The van der Waals surface area contributed by atoms with Gasteiger partial charge in [0.2, 0.25) is 5.91 Å². The Kier molecular flexibility index (Phi) is 7.35. The van der Waals surface area contributed by atoms with E-state index in [1.54, 1.807) is 20.2 Å². The maximum Gasteiger partial charge on any atom is 0.224 e. The number of nitrogens with zero attached hydrogens (tertiary/aromatic N) is 2. The summed E-state index contributed by atoms with van der Waals surface area (Å²) in [6.45, 7) is 3.77. The molecule has 2 aromatic carbocycles. The molecule has 1 aliphatic rings. The molecule has 3 heterocycles. The minimum Gasteiger partial charge on any atom is -0.494 e. The number of halogens is 1. The third kappa shape index (κ3) is 4.85. The van der Waals surface area contributed by atoms with Crippen molar-refractivity contribution >= 4 is 46.2 Å². The van der Waals surface area contributed by atoms with E-state index in [4.69, 9.17) is 33.0 Å². The summed E-state index contributed by atoms with van der Waals surface area (Å²) in [5, 5.41) is 7.52. The second-order valence-corrected chi connectivity index (χ2v) is 9.69. The van der Waals surface area contributed by atoms with Crippen LogP contribution in [-0.2, 0) is 4.79 Å². The van der Waals surface area contributed by atoms with E-state index < -0.39 is 0 Å². The van der Waals surface area contributed by atoms with Crippen molar-refractivity contribution in [1.29, 1.82) is 0 Å². The van der Waals surface area contributed by atoms with Gasteiger partial charge in [-0.05, 0) is 67.2 Å². The van der Waals surface area contributed by atoms with Gasteiger partial charge in [-0.25, -0.2) is 0 Å². The van der Waals surface area contributed by atoms with Crippen LogP contribution in [0.1, 0.15) is 42.4 Å². The van der Waals surface area contributed by atoms with E-state index in [0.29, 0.717) is 39.5 Å². The Morgan fingerprint density at radius 3 is 2.76 bits per heavy atom. The summed E-state index contributed by atoms with van der Waals surface area (Å²) >= 11 is 12.2. The Morgan fingerprint density at radius 2 is 2.03 bits per heavy atom. The molecule has 2 aromatic heterocycles. The van der Waals surface area contributed by atoms with Gasteiger partial charge >= 0.3 is 0 Å². The first kappa shape index (κ1) is 25.8.